The molecule has 0 unspecified atom stereocenters. The van der Waals surface area contributed by atoms with Crippen LogP contribution >= 0.6 is 0 Å². The van der Waals surface area contributed by atoms with E-state index in [1.807, 2.05) is 0 Å². The van der Waals surface area contributed by atoms with Crippen LogP contribution in [-0.2, 0) is 23.3 Å². The van der Waals surface area contributed by atoms with Gasteiger partial charge in [-0.1, -0.05) is 102 Å². The SMILES string of the molecule is C[Si](=[Zr+2])c1ccccc1.Cc1c[cH-]c2cccc(-c3cc4ccccc4c4ccccc34)c12.Cc1ccc2c(c1)[cH-]c1cc(C)ccc12.[Cl-].[Cl-]. The van der Waals surface area contributed by atoms with Gasteiger partial charge in [0, 0.05) is 0 Å². The van der Waals surface area contributed by atoms with Gasteiger partial charge in [0.25, 0.3) is 0 Å². The molecule has 0 bridgehead atoms. The minimum Gasteiger partial charge on any atom is -1.00 e. The summed E-state index contributed by atoms with van der Waals surface area (Å²) in [5.74, 6) is 0. The van der Waals surface area contributed by atoms with Crippen molar-refractivity contribution in [3.8, 4) is 11.1 Å². The van der Waals surface area contributed by atoms with Gasteiger partial charge in [0.2, 0.25) is 0 Å². The van der Waals surface area contributed by atoms with Crippen molar-refractivity contribution in [2.75, 3.05) is 0 Å². The Balaban J connectivity index is 0.000000160. The molecule has 0 amide bonds. The Labute approximate surface area is 323 Å². The zero-order valence-corrected chi connectivity index (χ0v) is 33.7. The van der Waals surface area contributed by atoms with Crippen molar-refractivity contribution >= 4 is 64.5 Å². The Morgan fingerprint density at radius 1 is 0.500 bits per heavy atom. The molecule has 9 aromatic rings. The second kappa shape index (κ2) is 16.5. The molecule has 246 valence electrons. The van der Waals surface area contributed by atoms with Gasteiger partial charge < -0.3 is 24.8 Å². The van der Waals surface area contributed by atoms with Crippen LogP contribution in [-0.4, -0.2) is 5.43 Å². The molecule has 0 saturated carbocycles. The predicted octanol–water partition coefficient (Wildman–Crippen LogP) is 6.24. The first-order chi connectivity index (χ1) is 23.4. The number of hydrogen-bond donors (Lipinski definition) is 0. The zero-order valence-electron chi connectivity index (χ0n) is 28.8. The van der Waals surface area contributed by atoms with Crippen LogP contribution in [0.25, 0.3) is 65.0 Å². The molecule has 0 aromatic heterocycles. The van der Waals surface area contributed by atoms with E-state index < -0.39 is 0 Å². The van der Waals surface area contributed by atoms with Gasteiger partial charge in [-0.15, -0.1) is 68.7 Å². The number of aryl methyl sites for hydroxylation is 3. The van der Waals surface area contributed by atoms with E-state index in [1.165, 1.54) is 81.7 Å². The number of fused-ring (bicyclic) bond motifs is 7. The minimum absolute atomic E-state index is 0. The van der Waals surface area contributed by atoms with E-state index in [2.05, 4.69) is 185 Å². The standard InChI is InChI=1S/C24H17.C15H13.C7H8Si.2ClH.Zr/c1-16-13-14-17-8-6-12-22(24(16)17)23-15-18-7-2-3-9-19(18)20-10-4-5-11-21(20)23;1-10-3-5-14-12(7-10)9-13-8-11(2)4-6-15(13)14;1-8-7-5-3-2-4-6-7;;;/h2-15H,1H3;3-9H,1-2H3;2-6H,1H3;2*1H;/q2*-1;;;;+2/p-2. The van der Waals surface area contributed by atoms with Crippen LogP contribution in [0.2, 0.25) is 6.55 Å². The Morgan fingerprint density at radius 2 is 1.08 bits per heavy atom. The van der Waals surface area contributed by atoms with Crippen LogP contribution < -0.4 is 30.0 Å². The predicted molar refractivity (Wildman–Crippen MR) is 209 cm³/mol. The second-order valence-electron chi connectivity index (χ2n) is 12.8. The molecule has 0 aliphatic rings. The fourth-order valence-corrected chi connectivity index (χ4v) is 8.82. The van der Waals surface area contributed by atoms with Crippen molar-refractivity contribution in [3.63, 3.8) is 0 Å². The Kier molecular flexibility index (Phi) is 12.4. The fraction of sp³-hybridized carbons (Fsp3) is 0.0870. The van der Waals surface area contributed by atoms with Crippen LogP contribution in [0.1, 0.15) is 16.7 Å². The molecule has 50 heavy (non-hydrogen) atoms. The van der Waals surface area contributed by atoms with Gasteiger partial charge in [0.1, 0.15) is 0 Å². The molecule has 0 aliphatic heterocycles. The molecule has 0 heterocycles. The molecule has 0 fully saturated rings. The Hall–Kier alpha value is -3.78. The summed E-state index contributed by atoms with van der Waals surface area (Å²) >= 11 is 1.69. The quantitative estimate of drug-likeness (QED) is 0.111. The topological polar surface area (TPSA) is 0 Å². The molecular formula is C46H38Cl2SiZr-2. The van der Waals surface area contributed by atoms with Crippen LogP contribution in [0, 0.1) is 20.8 Å². The Morgan fingerprint density at radius 3 is 1.70 bits per heavy atom. The monoisotopic (exact) mass is 778 g/mol. The zero-order chi connectivity index (χ0) is 33.2. The summed E-state index contributed by atoms with van der Waals surface area (Å²) in [4.78, 5) is 0. The van der Waals surface area contributed by atoms with E-state index in [0.717, 1.165) is 0 Å². The van der Waals surface area contributed by atoms with Crippen molar-refractivity contribution in [1.82, 2.24) is 0 Å². The number of rotatable bonds is 2. The number of halogens is 2. The molecule has 4 heteroatoms. The van der Waals surface area contributed by atoms with Crippen LogP contribution in [0.4, 0.5) is 0 Å². The van der Waals surface area contributed by atoms with Gasteiger partial charge in [0.15, 0.2) is 0 Å². The van der Waals surface area contributed by atoms with Crippen molar-refractivity contribution in [2.24, 2.45) is 0 Å². The minimum atomic E-state index is -0.122. The van der Waals surface area contributed by atoms with Crippen LogP contribution in [0.15, 0.2) is 158 Å². The van der Waals surface area contributed by atoms with E-state index in [4.69, 9.17) is 0 Å². The molecular weight excluding hydrogens is 743 g/mol. The van der Waals surface area contributed by atoms with Crippen molar-refractivity contribution < 1.29 is 48.1 Å². The van der Waals surface area contributed by atoms with Crippen molar-refractivity contribution in [1.29, 1.82) is 0 Å². The van der Waals surface area contributed by atoms with E-state index in [9.17, 15) is 0 Å². The first-order valence-corrected chi connectivity index (χ1v) is 22.3. The number of benzene rings is 7. The van der Waals surface area contributed by atoms with Gasteiger partial charge in [-0.3, -0.25) is 0 Å². The van der Waals surface area contributed by atoms with Gasteiger partial charge >= 0.3 is 70.8 Å². The maximum Gasteiger partial charge on any atom is -0.00995 e. The molecule has 0 radical (unpaired) electrons. The third kappa shape index (κ3) is 7.75. The first kappa shape index (κ1) is 37.5. The summed E-state index contributed by atoms with van der Waals surface area (Å²) in [6.45, 7) is 8.83. The molecule has 0 spiro atoms. The van der Waals surface area contributed by atoms with Gasteiger partial charge in [-0.25, -0.2) is 0 Å². The fourth-order valence-electron chi connectivity index (χ4n) is 6.90. The summed E-state index contributed by atoms with van der Waals surface area (Å²) in [5.41, 5.74) is 6.53. The van der Waals surface area contributed by atoms with E-state index in [0.29, 0.717) is 0 Å². The molecule has 0 N–H and O–H groups in total. The molecule has 9 rings (SSSR count). The summed E-state index contributed by atoms with van der Waals surface area (Å²) in [6, 6.07) is 57.2. The average molecular weight is 781 g/mol. The van der Waals surface area contributed by atoms with Gasteiger partial charge in [-0.2, -0.15) is 11.6 Å². The molecule has 0 atom stereocenters. The largest absolute Gasteiger partial charge is 1.00 e. The van der Waals surface area contributed by atoms with E-state index in [1.54, 1.807) is 28.5 Å². The van der Waals surface area contributed by atoms with Gasteiger partial charge in [-0.05, 0) is 47.0 Å². The normalized spacial score (nSPS) is 10.6. The molecule has 0 nitrogen and oxygen atoms in total. The van der Waals surface area contributed by atoms with Crippen molar-refractivity contribution in [3.05, 3.63) is 174 Å². The van der Waals surface area contributed by atoms with Gasteiger partial charge in [0.05, 0.1) is 0 Å². The van der Waals surface area contributed by atoms with Crippen molar-refractivity contribution in [2.45, 2.75) is 27.3 Å². The second-order valence-corrected chi connectivity index (χ2v) is 20.2. The first-order valence-electron chi connectivity index (χ1n) is 16.6. The molecule has 9 aromatic carbocycles. The smallest absolute Gasteiger partial charge is 0.00995 e. The maximum atomic E-state index is 2.35. The summed E-state index contributed by atoms with van der Waals surface area (Å²) in [7, 11) is 0. The van der Waals surface area contributed by atoms with Crippen LogP contribution in [0.3, 0.4) is 0 Å². The average Bonchev–Trinajstić information content (AvgIpc) is 3.67. The van der Waals surface area contributed by atoms with E-state index >= 15 is 0 Å². The Bertz CT molecular complexity index is 2520. The number of hydrogen-bond acceptors (Lipinski definition) is 0. The molecule has 0 aliphatic carbocycles. The summed E-state index contributed by atoms with van der Waals surface area (Å²) in [6.07, 6.45) is 0. The third-order valence-corrected chi connectivity index (χ3v) is 12.6. The van der Waals surface area contributed by atoms with Crippen LogP contribution in [0.5, 0.6) is 0 Å². The maximum absolute atomic E-state index is 2.35. The van der Waals surface area contributed by atoms with E-state index in [-0.39, 0.29) is 30.2 Å². The summed E-state index contributed by atoms with van der Waals surface area (Å²) < 4.78 is 0. The summed E-state index contributed by atoms with van der Waals surface area (Å²) in [5, 5.41) is 15.0. The third-order valence-electron chi connectivity index (χ3n) is 9.28. The molecule has 0 saturated heterocycles.